The SMILES string of the molecule is FC(F)(F)c1ccc(CN2CCC(C3CC(Br)=NO3)C2)cc1. The molecule has 2 aliphatic heterocycles. The second kappa shape index (κ2) is 6.20. The maximum absolute atomic E-state index is 12.5. The zero-order valence-electron chi connectivity index (χ0n) is 11.8. The molecule has 22 heavy (non-hydrogen) atoms. The summed E-state index contributed by atoms with van der Waals surface area (Å²) < 4.78 is 38.5. The lowest BCUT2D eigenvalue weighted by atomic mass is 10.00. The van der Waals surface area contributed by atoms with Crippen LogP contribution in [0.3, 0.4) is 0 Å². The van der Waals surface area contributed by atoms with Gasteiger partial charge in [0.25, 0.3) is 0 Å². The Labute approximate surface area is 135 Å². The van der Waals surface area contributed by atoms with Gasteiger partial charge in [-0.25, -0.2) is 0 Å². The summed E-state index contributed by atoms with van der Waals surface area (Å²) >= 11 is 3.34. The van der Waals surface area contributed by atoms with Crippen LogP contribution >= 0.6 is 15.9 Å². The molecule has 0 bridgehead atoms. The molecule has 1 saturated heterocycles. The Kier molecular flexibility index (Phi) is 4.45. The number of rotatable bonds is 3. The first-order chi connectivity index (χ1) is 10.4. The largest absolute Gasteiger partial charge is 0.416 e. The summed E-state index contributed by atoms with van der Waals surface area (Å²) in [5.74, 6) is 0.424. The van der Waals surface area contributed by atoms with Crippen LogP contribution in [0.2, 0.25) is 0 Å². The number of alkyl halides is 3. The molecule has 0 amide bonds. The van der Waals surface area contributed by atoms with Gasteiger partial charge in [-0.05, 0) is 46.6 Å². The van der Waals surface area contributed by atoms with Crippen LogP contribution in [0, 0.1) is 5.92 Å². The highest BCUT2D eigenvalue weighted by Gasteiger charge is 2.34. The molecule has 3 nitrogen and oxygen atoms in total. The average molecular weight is 377 g/mol. The third-order valence-corrected chi connectivity index (χ3v) is 4.65. The van der Waals surface area contributed by atoms with Crippen LogP contribution in [0.15, 0.2) is 29.4 Å². The van der Waals surface area contributed by atoms with Crippen molar-refractivity contribution < 1.29 is 18.0 Å². The summed E-state index contributed by atoms with van der Waals surface area (Å²) in [6, 6.07) is 5.41. The highest BCUT2D eigenvalue weighted by molar-refractivity contribution is 9.18. The molecule has 2 heterocycles. The molecule has 0 spiro atoms. The molecule has 1 aromatic rings. The normalized spacial score (nSPS) is 26.1. The van der Waals surface area contributed by atoms with E-state index < -0.39 is 11.7 Å². The molecule has 1 aromatic carbocycles. The van der Waals surface area contributed by atoms with Crippen LogP contribution in [0.5, 0.6) is 0 Å². The Balaban J connectivity index is 1.54. The van der Waals surface area contributed by atoms with E-state index in [1.54, 1.807) is 12.1 Å². The Morgan fingerprint density at radius 3 is 2.59 bits per heavy atom. The van der Waals surface area contributed by atoms with Crippen LogP contribution < -0.4 is 0 Å². The van der Waals surface area contributed by atoms with Crippen molar-refractivity contribution in [1.29, 1.82) is 0 Å². The summed E-state index contributed by atoms with van der Waals surface area (Å²) in [7, 11) is 0. The van der Waals surface area contributed by atoms with Crippen molar-refractivity contribution in [3.63, 3.8) is 0 Å². The molecule has 0 N–H and O–H groups in total. The van der Waals surface area contributed by atoms with Crippen LogP contribution in [0.1, 0.15) is 24.0 Å². The van der Waals surface area contributed by atoms with Gasteiger partial charge in [0.1, 0.15) is 10.7 Å². The summed E-state index contributed by atoms with van der Waals surface area (Å²) in [4.78, 5) is 7.64. The van der Waals surface area contributed by atoms with Gasteiger partial charge in [0, 0.05) is 25.4 Å². The summed E-state index contributed by atoms with van der Waals surface area (Å²) in [6.07, 6.45) is -2.32. The fraction of sp³-hybridized carbons (Fsp3) is 0.533. The number of likely N-dealkylation sites (tertiary alicyclic amines) is 1. The van der Waals surface area contributed by atoms with Crippen molar-refractivity contribution in [2.75, 3.05) is 13.1 Å². The van der Waals surface area contributed by atoms with Crippen molar-refractivity contribution in [2.45, 2.75) is 31.7 Å². The molecule has 3 rings (SSSR count). The second-order valence-corrected chi connectivity index (χ2v) is 6.71. The highest BCUT2D eigenvalue weighted by Crippen LogP contribution is 2.31. The second-order valence-electron chi connectivity index (χ2n) is 5.79. The number of benzene rings is 1. The summed E-state index contributed by atoms with van der Waals surface area (Å²) in [6.45, 7) is 2.49. The molecule has 2 atom stereocenters. The van der Waals surface area contributed by atoms with Crippen LogP contribution in [-0.4, -0.2) is 28.7 Å². The lowest BCUT2D eigenvalue weighted by molar-refractivity contribution is -0.137. The fourth-order valence-electron chi connectivity index (χ4n) is 2.99. The molecule has 2 unspecified atom stereocenters. The minimum absolute atomic E-state index is 0.118. The number of halogens is 4. The summed E-state index contributed by atoms with van der Waals surface area (Å²) in [5, 5.41) is 3.91. The monoisotopic (exact) mass is 376 g/mol. The molecule has 0 saturated carbocycles. The van der Waals surface area contributed by atoms with Crippen molar-refractivity contribution in [3.05, 3.63) is 35.4 Å². The quantitative estimate of drug-likeness (QED) is 0.795. The molecule has 0 aliphatic carbocycles. The Hall–Kier alpha value is -1.08. The third-order valence-electron chi connectivity index (χ3n) is 4.18. The van der Waals surface area contributed by atoms with E-state index in [2.05, 4.69) is 26.0 Å². The van der Waals surface area contributed by atoms with E-state index in [4.69, 9.17) is 4.84 Å². The van der Waals surface area contributed by atoms with Gasteiger partial charge < -0.3 is 4.84 Å². The van der Waals surface area contributed by atoms with Crippen molar-refractivity contribution in [3.8, 4) is 0 Å². The number of hydrogen-bond donors (Lipinski definition) is 0. The number of nitrogens with zero attached hydrogens (tertiary/aromatic N) is 2. The van der Waals surface area contributed by atoms with Gasteiger partial charge in [0.05, 0.1) is 5.56 Å². The molecular formula is C15H16BrF3N2O. The standard InChI is InChI=1S/C15H16BrF3N2O/c16-14-7-13(22-20-14)11-5-6-21(9-11)8-10-1-3-12(4-2-10)15(17,18)19/h1-4,11,13H,5-9H2. The van der Waals surface area contributed by atoms with E-state index in [0.29, 0.717) is 12.5 Å². The molecular weight excluding hydrogens is 361 g/mol. The summed E-state index contributed by atoms with van der Waals surface area (Å²) in [5.41, 5.74) is 0.301. The molecule has 0 radical (unpaired) electrons. The predicted octanol–water partition coefficient (Wildman–Crippen LogP) is 4.02. The van der Waals surface area contributed by atoms with Gasteiger partial charge in [0.2, 0.25) is 0 Å². The lowest BCUT2D eigenvalue weighted by Gasteiger charge is -2.18. The maximum Gasteiger partial charge on any atom is 0.416 e. The predicted molar refractivity (Wildman–Crippen MR) is 80.7 cm³/mol. The Morgan fingerprint density at radius 2 is 2.00 bits per heavy atom. The van der Waals surface area contributed by atoms with Gasteiger partial charge in [-0.1, -0.05) is 17.3 Å². The van der Waals surface area contributed by atoms with Gasteiger partial charge in [-0.15, -0.1) is 0 Å². The topological polar surface area (TPSA) is 24.8 Å². The van der Waals surface area contributed by atoms with Gasteiger partial charge in [0.15, 0.2) is 0 Å². The lowest BCUT2D eigenvalue weighted by Crippen LogP contribution is -2.25. The van der Waals surface area contributed by atoms with Crippen molar-refractivity contribution in [2.24, 2.45) is 11.1 Å². The van der Waals surface area contributed by atoms with Gasteiger partial charge in [-0.3, -0.25) is 4.90 Å². The number of hydrogen-bond acceptors (Lipinski definition) is 3. The zero-order chi connectivity index (χ0) is 15.7. The Bertz CT molecular complexity index is 559. The molecule has 2 aliphatic rings. The highest BCUT2D eigenvalue weighted by atomic mass is 79.9. The van der Waals surface area contributed by atoms with Crippen LogP contribution in [0.25, 0.3) is 0 Å². The smallest absolute Gasteiger partial charge is 0.391 e. The average Bonchev–Trinajstić information content (AvgIpc) is 3.07. The van der Waals surface area contributed by atoms with Crippen molar-refractivity contribution in [1.82, 2.24) is 4.90 Å². The molecule has 120 valence electrons. The molecule has 1 fully saturated rings. The molecule has 0 aromatic heterocycles. The first-order valence-electron chi connectivity index (χ1n) is 7.18. The fourth-order valence-corrected chi connectivity index (χ4v) is 3.39. The number of oxime groups is 1. The van der Waals surface area contributed by atoms with E-state index in [0.717, 1.165) is 48.2 Å². The van der Waals surface area contributed by atoms with E-state index in [1.165, 1.54) is 0 Å². The first kappa shape index (κ1) is 15.8. The van der Waals surface area contributed by atoms with Crippen molar-refractivity contribution >= 4 is 20.6 Å². The first-order valence-corrected chi connectivity index (χ1v) is 7.98. The van der Waals surface area contributed by atoms with E-state index in [1.807, 2.05) is 0 Å². The molecule has 7 heteroatoms. The minimum Gasteiger partial charge on any atom is -0.391 e. The van der Waals surface area contributed by atoms with Gasteiger partial charge >= 0.3 is 6.18 Å². The Morgan fingerprint density at radius 1 is 1.27 bits per heavy atom. The minimum atomic E-state index is -4.27. The van der Waals surface area contributed by atoms with E-state index in [-0.39, 0.29) is 6.10 Å². The van der Waals surface area contributed by atoms with E-state index >= 15 is 0 Å². The zero-order valence-corrected chi connectivity index (χ0v) is 13.4. The maximum atomic E-state index is 12.5. The van der Waals surface area contributed by atoms with Crippen LogP contribution in [-0.2, 0) is 17.6 Å². The van der Waals surface area contributed by atoms with Crippen LogP contribution in [0.4, 0.5) is 13.2 Å². The van der Waals surface area contributed by atoms with Gasteiger partial charge in [-0.2, -0.15) is 13.2 Å². The third kappa shape index (κ3) is 3.63. The van der Waals surface area contributed by atoms with E-state index in [9.17, 15) is 13.2 Å².